The van der Waals surface area contributed by atoms with E-state index in [1.165, 1.54) is 0 Å². The maximum absolute atomic E-state index is 12.7. The van der Waals surface area contributed by atoms with E-state index in [4.69, 9.17) is 5.11 Å². The van der Waals surface area contributed by atoms with Gasteiger partial charge in [-0.2, -0.15) is 0 Å². The summed E-state index contributed by atoms with van der Waals surface area (Å²) in [7, 11) is 0. The van der Waals surface area contributed by atoms with Gasteiger partial charge in [-0.05, 0) is 18.4 Å². The van der Waals surface area contributed by atoms with Crippen molar-refractivity contribution in [3.05, 3.63) is 35.9 Å². The van der Waals surface area contributed by atoms with Crippen molar-refractivity contribution in [3.8, 4) is 0 Å². The third kappa shape index (κ3) is 3.41. The van der Waals surface area contributed by atoms with E-state index in [9.17, 15) is 9.59 Å². The van der Waals surface area contributed by atoms with Gasteiger partial charge in [0.2, 0.25) is 5.91 Å². The minimum absolute atomic E-state index is 0.0154. The van der Waals surface area contributed by atoms with Crippen molar-refractivity contribution in [2.24, 2.45) is 5.92 Å². The fraction of sp³-hybridized carbons (Fsp3) is 0.500. The van der Waals surface area contributed by atoms with E-state index < -0.39 is 5.97 Å². The summed E-state index contributed by atoms with van der Waals surface area (Å²) in [4.78, 5) is 25.4. The molecule has 23 heavy (non-hydrogen) atoms. The second-order valence-corrected chi connectivity index (χ2v) is 7.09. The van der Waals surface area contributed by atoms with Gasteiger partial charge in [0.15, 0.2) is 0 Å². The van der Waals surface area contributed by atoms with Gasteiger partial charge in [-0.3, -0.25) is 9.59 Å². The summed E-state index contributed by atoms with van der Waals surface area (Å²) in [6, 6.07) is 9.62. The molecular weight excluding hydrogens is 362 g/mol. The minimum atomic E-state index is -0.764. The highest BCUT2D eigenvalue weighted by molar-refractivity contribution is 9.09. The number of halogens is 1. The van der Waals surface area contributed by atoms with Crippen molar-refractivity contribution in [1.29, 1.82) is 0 Å². The Kier molecular flexibility index (Phi) is 4.99. The molecule has 0 spiro atoms. The first-order valence-electron chi connectivity index (χ1n) is 7.79. The fourth-order valence-electron chi connectivity index (χ4n) is 3.20. The van der Waals surface area contributed by atoms with E-state index >= 15 is 0 Å². The molecule has 124 valence electrons. The van der Waals surface area contributed by atoms with Gasteiger partial charge < -0.3 is 10.0 Å². The summed E-state index contributed by atoms with van der Waals surface area (Å²) in [5.74, 6) is -1.08. The molecule has 2 fully saturated rings. The SMILES string of the molecule is O=C(O)C1CCN(C(=O)C2NNC(c3ccccc3)C2Br)CC1. The van der Waals surface area contributed by atoms with Crippen LogP contribution in [0.5, 0.6) is 0 Å². The van der Waals surface area contributed by atoms with E-state index in [2.05, 4.69) is 26.8 Å². The summed E-state index contributed by atoms with van der Waals surface area (Å²) in [6.07, 6.45) is 1.05. The average molecular weight is 382 g/mol. The van der Waals surface area contributed by atoms with Crippen molar-refractivity contribution < 1.29 is 14.7 Å². The van der Waals surface area contributed by atoms with Gasteiger partial charge in [-0.1, -0.05) is 46.3 Å². The first kappa shape index (κ1) is 16.4. The number of hydrazine groups is 1. The second kappa shape index (κ2) is 6.98. The van der Waals surface area contributed by atoms with Crippen molar-refractivity contribution in [3.63, 3.8) is 0 Å². The number of carbonyl (C=O) groups is 2. The van der Waals surface area contributed by atoms with Gasteiger partial charge in [-0.25, -0.2) is 10.9 Å². The van der Waals surface area contributed by atoms with Crippen LogP contribution in [0.4, 0.5) is 0 Å². The van der Waals surface area contributed by atoms with Crippen LogP contribution >= 0.6 is 15.9 Å². The molecule has 2 saturated heterocycles. The summed E-state index contributed by atoms with van der Waals surface area (Å²) in [5.41, 5.74) is 7.38. The predicted octanol–water partition coefficient (Wildman–Crippen LogP) is 1.29. The predicted molar refractivity (Wildman–Crippen MR) is 88.9 cm³/mol. The number of carboxylic acid groups (broad SMARTS) is 1. The van der Waals surface area contributed by atoms with Crippen LogP contribution < -0.4 is 10.9 Å². The maximum Gasteiger partial charge on any atom is 0.306 e. The van der Waals surface area contributed by atoms with Crippen molar-refractivity contribution in [2.45, 2.75) is 29.8 Å². The Labute approximate surface area is 143 Å². The number of carbonyl (C=O) groups excluding carboxylic acids is 1. The third-order valence-electron chi connectivity index (χ3n) is 4.61. The minimum Gasteiger partial charge on any atom is -0.481 e. The Morgan fingerprint density at radius 1 is 1.13 bits per heavy atom. The lowest BCUT2D eigenvalue weighted by Gasteiger charge is -2.32. The highest BCUT2D eigenvalue weighted by Crippen LogP contribution is 2.30. The third-order valence-corrected chi connectivity index (χ3v) is 5.67. The molecule has 3 unspecified atom stereocenters. The number of benzene rings is 1. The fourth-order valence-corrected chi connectivity index (χ4v) is 4.00. The summed E-state index contributed by atoms with van der Waals surface area (Å²) < 4.78 is 0. The summed E-state index contributed by atoms with van der Waals surface area (Å²) in [5, 5.41) is 9.04. The van der Waals surface area contributed by atoms with Crippen LogP contribution in [-0.2, 0) is 9.59 Å². The molecule has 2 heterocycles. The Bertz CT molecular complexity index is 575. The molecule has 1 aromatic rings. The van der Waals surface area contributed by atoms with Crippen molar-refractivity contribution >= 4 is 27.8 Å². The zero-order valence-electron chi connectivity index (χ0n) is 12.6. The lowest BCUT2D eigenvalue weighted by molar-refractivity contribution is -0.146. The highest BCUT2D eigenvalue weighted by Gasteiger charge is 2.41. The number of carboxylic acids is 1. The van der Waals surface area contributed by atoms with Gasteiger partial charge in [0.25, 0.3) is 0 Å². The van der Waals surface area contributed by atoms with Gasteiger partial charge >= 0.3 is 5.97 Å². The Hall–Kier alpha value is -1.44. The van der Waals surface area contributed by atoms with Gasteiger partial charge in [0.05, 0.1) is 16.8 Å². The normalized spacial score (nSPS) is 28.7. The molecule has 0 aliphatic carbocycles. The lowest BCUT2D eigenvalue weighted by atomic mass is 9.96. The quantitative estimate of drug-likeness (QED) is 0.687. The smallest absolute Gasteiger partial charge is 0.306 e. The zero-order valence-corrected chi connectivity index (χ0v) is 14.2. The molecule has 2 aliphatic heterocycles. The molecule has 0 aromatic heterocycles. The average Bonchev–Trinajstić information content (AvgIpc) is 2.96. The van der Waals surface area contributed by atoms with E-state index in [0.29, 0.717) is 25.9 Å². The van der Waals surface area contributed by atoms with E-state index in [0.717, 1.165) is 5.56 Å². The van der Waals surface area contributed by atoms with Crippen LogP contribution in [0, 0.1) is 5.92 Å². The first-order valence-corrected chi connectivity index (χ1v) is 8.71. The molecule has 1 aromatic carbocycles. The zero-order chi connectivity index (χ0) is 16.4. The Morgan fingerprint density at radius 3 is 2.39 bits per heavy atom. The molecule has 6 nitrogen and oxygen atoms in total. The topological polar surface area (TPSA) is 81.7 Å². The Morgan fingerprint density at radius 2 is 1.78 bits per heavy atom. The van der Waals surface area contributed by atoms with Crippen LogP contribution in [-0.4, -0.2) is 45.8 Å². The number of hydrogen-bond acceptors (Lipinski definition) is 4. The number of amides is 1. The summed E-state index contributed by atoms with van der Waals surface area (Å²) in [6.45, 7) is 1.01. The van der Waals surface area contributed by atoms with Crippen LogP contribution in [0.3, 0.4) is 0 Å². The number of nitrogens with zero attached hydrogens (tertiary/aromatic N) is 1. The molecule has 3 N–H and O–H groups in total. The van der Waals surface area contributed by atoms with Crippen LogP contribution in [0.1, 0.15) is 24.4 Å². The first-order chi connectivity index (χ1) is 11.1. The van der Waals surface area contributed by atoms with Crippen molar-refractivity contribution in [2.75, 3.05) is 13.1 Å². The van der Waals surface area contributed by atoms with E-state index in [-0.39, 0.29) is 28.7 Å². The van der Waals surface area contributed by atoms with Crippen LogP contribution in [0.15, 0.2) is 30.3 Å². The number of hydrogen-bond donors (Lipinski definition) is 3. The van der Waals surface area contributed by atoms with Crippen LogP contribution in [0.2, 0.25) is 0 Å². The van der Waals surface area contributed by atoms with Crippen molar-refractivity contribution in [1.82, 2.24) is 15.8 Å². The lowest BCUT2D eigenvalue weighted by Crippen LogP contribution is -2.51. The highest BCUT2D eigenvalue weighted by atomic mass is 79.9. The number of aliphatic carboxylic acids is 1. The van der Waals surface area contributed by atoms with Gasteiger partial charge in [0, 0.05) is 13.1 Å². The number of piperidine rings is 1. The number of likely N-dealkylation sites (tertiary alicyclic amines) is 1. The van der Waals surface area contributed by atoms with Crippen LogP contribution in [0.25, 0.3) is 0 Å². The molecule has 7 heteroatoms. The molecule has 3 atom stereocenters. The molecule has 3 rings (SSSR count). The summed E-state index contributed by atoms with van der Waals surface area (Å²) >= 11 is 3.64. The molecule has 0 bridgehead atoms. The van der Waals surface area contributed by atoms with Gasteiger partial charge in [-0.15, -0.1) is 0 Å². The number of rotatable bonds is 3. The Balaban J connectivity index is 1.62. The van der Waals surface area contributed by atoms with Gasteiger partial charge in [0.1, 0.15) is 6.04 Å². The standard InChI is InChI=1S/C16H20BrN3O3/c17-12-13(10-4-2-1-3-5-10)18-19-14(12)15(21)20-8-6-11(7-9-20)16(22)23/h1-5,11-14,18-19H,6-9H2,(H,22,23). The maximum atomic E-state index is 12.7. The largest absolute Gasteiger partial charge is 0.481 e. The molecule has 0 radical (unpaired) electrons. The van der Waals surface area contributed by atoms with E-state index in [1.807, 2.05) is 30.3 Å². The van der Waals surface area contributed by atoms with E-state index in [1.54, 1.807) is 4.90 Å². The molecular formula is C16H20BrN3O3. The molecule has 1 amide bonds. The second-order valence-electron chi connectivity index (χ2n) is 6.04. The molecule has 2 aliphatic rings. The molecule has 0 saturated carbocycles. The monoisotopic (exact) mass is 381 g/mol. The number of alkyl halides is 1. The number of nitrogens with one attached hydrogen (secondary N) is 2.